The van der Waals surface area contributed by atoms with Crippen LogP contribution in [0.25, 0.3) is 0 Å². The molecule has 3 heteroatoms. The Hall–Kier alpha value is -3.85. The van der Waals surface area contributed by atoms with Crippen LogP contribution in [0, 0.1) is 0 Å². The first-order valence-electron chi connectivity index (χ1n) is 10.1. The number of carbonyl (C=O) groups is 1. The van der Waals surface area contributed by atoms with E-state index in [0.717, 1.165) is 28.2 Å². The van der Waals surface area contributed by atoms with Gasteiger partial charge in [-0.3, -0.25) is 4.79 Å². The van der Waals surface area contributed by atoms with Gasteiger partial charge < -0.3 is 10.6 Å². The molecule has 4 aromatic rings. The van der Waals surface area contributed by atoms with Crippen molar-refractivity contribution in [3.8, 4) is 0 Å². The van der Waals surface area contributed by atoms with Gasteiger partial charge in [0, 0.05) is 29.4 Å². The van der Waals surface area contributed by atoms with Crippen molar-refractivity contribution in [1.82, 2.24) is 0 Å². The van der Waals surface area contributed by atoms with Gasteiger partial charge in [-0.25, -0.2) is 0 Å². The number of carbonyl (C=O) groups excluding carboxylic acids is 1. The first kappa shape index (κ1) is 19.5. The molecule has 0 bridgehead atoms. The molecule has 0 aromatic heterocycles. The third kappa shape index (κ3) is 5.15. The Kier molecular flexibility index (Phi) is 6.21. The second kappa shape index (κ2) is 9.57. The van der Waals surface area contributed by atoms with Crippen LogP contribution >= 0.6 is 0 Å². The summed E-state index contributed by atoms with van der Waals surface area (Å²) in [5.74, 6) is 0.0166. The molecule has 0 spiro atoms. The minimum absolute atomic E-state index is 0.00326. The summed E-state index contributed by atoms with van der Waals surface area (Å²) in [6.07, 6.45) is 0.387. The maximum Gasteiger partial charge on any atom is 0.225 e. The molecule has 4 rings (SSSR count). The van der Waals surface area contributed by atoms with Crippen molar-refractivity contribution in [1.29, 1.82) is 0 Å². The number of rotatable bonds is 7. The predicted molar refractivity (Wildman–Crippen MR) is 124 cm³/mol. The van der Waals surface area contributed by atoms with Gasteiger partial charge in [-0.1, -0.05) is 78.9 Å². The summed E-state index contributed by atoms with van der Waals surface area (Å²) in [4.78, 5) is 12.8. The van der Waals surface area contributed by atoms with Gasteiger partial charge in [0.1, 0.15) is 0 Å². The lowest BCUT2D eigenvalue weighted by Gasteiger charge is -2.18. The minimum atomic E-state index is -0.00326. The second-order valence-corrected chi connectivity index (χ2v) is 7.19. The van der Waals surface area contributed by atoms with Gasteiger partial charge in [-0.2, -0.15) is 0 Å². The highest BCUT2D eigenvalue weighted by Crippen LogP contribution is 2.28. The van der Waals surface area contributed by atoms with Gasteiger partial charge in [0.25, 0.3) is 0 Å². The number of amides is 1. The third-order valence-corrected chi connectivity index (χ3v) is 5.02. The largest absolute Gasteiger partial charge is 0.356 e. The van der Waals surface area contributed by atoms with Crippen molar-refractivity contribution in [2.75, 3.05) is 10.6 Å². The topological polar surface area (TPSA) is 41.1 Å². The molecule has 0 heterocycles. The average molecular weight is 393 g/mol. The van der Waals surface area contributed by atoms with E-state index in [1.807, 2.05) is 91.0 Å². The number of hydrogen-bond donors (Lipinski definition) is 2. The van der Waals surface area contributed by atoms with Gasteiger partial charge >= 0.3 is 0 Å². The number of para-hydroxylation sites is 1. The highest BCUT2D eigenvalue weighted by Gasteiger charge is 2.18. The lowest BCUT2D eigenvalue weighted by Crippen LogP contribution is -2.16. The minimum Gasteiger partial charge on any atom is -0.356 e. The number of nitrogens with one attached hydrogen (secondary N) is 2. The number of benzene rings is 4. The van der Waals surface area contributed by atoms with Gasteiger partial charge in [-0.15, -0.1) is 0 Å². The van der Waals surface area contributed by atoms with E-state index >= 15 is 0 Å². The summed E-state index contributed by atoms with van der Waals surface area (Å²) in [7, 11) is 0. The van der Waals surface area contributed by atoms with E-state index in [9.17, 15) is 4.79 Å². The van der Waals surface area contributed by atoms with Crippen molar-refractivity contribution >= 4 is 23.0 Å². The Labute approximate surface area is 177 Å². The number of anilines is 3. The van der Waals surface area contributed by atoms with Gasteiger partial charge in [-0.05, 0) is 47.5 Å². The highest BCUT2D eigenvalue weighted by molar-refractivity contribution is 5.91. The van der Waals surface area contributed by atoms with E-state index < -0.39 is 0 Å². The van der Waals surface area contributed by atoms with Crippen LogP contribution in [0.15, 0.2) is 115 Å². The molecule has 2 N–H and O–H groups in total. The molecule has 30 heavy (non-hydrogen) atoms. The van der Waals surface area contributed by atoms with Crippen molar-refractivity contribution in [3.05, 3.63) is 126 Å². The monoisotopic (exact) mass is 392 g/mol. The zero-order valence-corrected chi connectivity index (χ0v) is 16.7. The van der Waals surface area contributed by atoms with E-state index in [2.05, 4.69) is 34.9 Å². The zero-order chi connectivity index (χ0) is 20.6. The van der Waals surface area contributed by atoms with E-state index in [1.165, 1.54) is 0 Å². The van der Waals surface area contributed by atoms with Crippen LogP contribution in [-0.4, -0.2) is 5.91 Å². The molecule has 148 valence electrons. The van der Waals surface area contributed by atoms with E-state index in [1.54, 1.807) is 0 Å². The fraction of sp³-hybridized carbons (Fsp3) is 0.0741. The van der Waals surface area contributed by atoms with Crippen molar-refractivity contribution in [2.24, 2.45) is 0 Å². The maximum absolute atomic E-state index is 12.8. The fourth-order valence-corrected chi connectivity index (χ4v) is 3.52. The average Bonchev–Trinajstić information content (AvgIpc) is 2.81. The Morgan fingerprint density at radius 2 is 1.00 bits per heavy atom. The molecule has 0 radical (unpaired) electrons. The van der Waals surface area contributed by atoms with Crippen LogP contribution in [0.1, 0.15) is 23.5 Å². The third-order valence-electron chi connectivity index (χ3n) is 5.02. The molecule has 0 unspecified atom stereocenters. The Bertz CT molecular complexity index is 1020. The molecular weight excluding hydrogens is 368 g/mol. The van der Waals surface area contributed by atoms with Crippen LogP contribution < -0.4 is 10.6 Å². The molecule has 4 aromatic carbocycles. The van der Waals surface area contributed by atoms with Gasteiger partial charge in [0.05, 0.1) is 0 Å². The molecule has 3 nitrogen and oxygen atoms in total. The van der Waals surface area contributed by atoms with Gasteiger partial charge in [0.15, 0.2) is 0 Å². The van der Waals surface area contributed by atoms with Crippen LogP contribution in [0.3, 0.4) is 0 Å². The van der Waals surface area contributed by atoms with Crippen molar-refractivity contribution in [3.63, 3.8) is 0 Å². The fourth-order valence-electron chi connectivity index (χ4n) is 3.52. The Morgan fingerprint density at radius 3 is 1.53 bits per heavy atom. The molecular formula is C27H24N2O. The Balaban J connectivity index is 1.43. The van der Waals surface area contributed by atoms with Crippen molar-refractivity contribution < 1.29 is 4.79 Å². The first-order valence-corrected chi connectivity index (χ1v) is 10.1. The smallest absolute Gasteiger partial charge is 0.225 e. The molecule has 1 amide bonds. The normalized spacial score (nSPS) is 10.6. The van der Waals surface area contributed by atoms with E-state index in [-0.39, 0.29) is 11.8 Å². The summed E-state index contributed by atoms with van der Waals surface area (Å²) in [5, 5.41) is 6.38. The molecule has 0 atom stereocenters. The predicted octanol–water partition coefficient (Wildman–Crippen LogP) is 6.59. The standard InChI is InChI=1S/C27H24N2O/c30-27(20-26(21-10-4-1-5-11-21)22-12-6-2-7-13-22)29-25-18-16-24(17-19-25)28-23-14-8-3-9-15-23/h1-19,26,28H,20H2,(H,29,30). The highest BCUT2D eigenvalue weighted by atomic mass is 16.1. The SMILES string of the molecule is O=C(CC(c1ccccc1)c1ccccc1)Nc1ccc(Nc2ccccc2)cc1. The Morgan fingerprint density at radius 1 is 0.567 bits per heavy atom. The molecule has 0 aliphatic rings. The number of hydrogen-bond acceptors (Lipinski definition) is 2. The van der Waals surface area contributed by atoms with Crippen LogP contribution in [0.5, 0.6) is 0 Å². The summed E-state index contributed by atoms with van der Waals surface area (Å²) in [5.41, 5.74) is 5.08. The summed E-state index contributed by atoms with van der Waals surface area (Å²) >= 11 is 0. The first-order chi connectivity index (χ1) is 14.8. The summed E-state index contributed by atoms with van der Waals surface area (Å²) in [6.45, 7) is 0. The summed E-state index contributed by atoms with van der Waals surface area (Å²) < 4.78 is 0. The van der Waals surface area contributed by atoms with E-state index in [4.69, 9.17) is 0 Å². The van der Waals surface area contributed by atoms with Gasteiger partial charge in [0.2, 0.25) is 5.91 Å². The molecule has 0 saturated heterocycles. The second-order valence-electron chi connectivity index (χ2n) is 7.19. The summed E-state index contributed by atoms with van der Waals surface area (Å²) in [6, 6.07) is 38.1. The molecule has 0 aliphatic heterocycles. The quantitative estimate of drug-likeness (QED) is 0.372. The van der Waals surface area contributed by atoms with Crippen LogP contribution in [0.4, 0.5) is 17.1 Å². The lowest BCUT2D eigenvalue weighted by atomic mass is 9.88. The zero-order valence-electron chi connectivity index (χ0n) is 16.7. The maximum atomic E-state index is 12.8. The van der Waals surface area contributed by atoms with Crippen LogP contribution in [-0.2, 0) is 4.79 Å². The van der Waals surface area contributed by atoms with Crippen molar-refractivity contribution in [2.45, 2.75) is 12.3 Å². The lowest BCUT2D eigenvalue weighted by molar-refractivity contribution is -0.116. The molecule has 0 aliphatic carbocycles. The van der Waals surface area contributed by atoms with Crippen LogP contribution in [0.2, 0.25) is 0 Å². The molecule has 0 fully saturated rings. The molecule has 0 saturated carbocycles. The van der Waals surface area contributed by atoms with E-state index in [0.29, 0.717) is 6.42 Å².